The highest BCUT2D eigenvalue weighted by atomic mass is 16.2. The van der Waals surface area contributed by atoms with Crippen molar-refractivity contribution in [2.45, 2.75) is 38.8 Å². The summed E-state index contributed by atoms with van der Waals surface area (Å²) in [4.78, 5) is 17.3. The van der Waals surface area contributed by atoms with Gasteiger partial charge in [0.25, 0.3) is 0 Å². The zero-order chi connectivity index (χ0) is 12.0. The molecule has 0 saturated carbocycles. The fraction of sp³-hybridized carbons (Fsp3) is 0.700. The van der Waals surface area contributed by atoms with Crippen LogP contribution in [0.5, 0.6) is 0 Å². The first kappa shape index (κ1) is 12.6. The van der Waals surface area contributed by atoms with Crippen molar-refractivity contribution in [1.82, 2.24) is 20.1 Å². The molecule has 6 nitrogen and oxygen atoms in total. The largest absolute Gasteiger partial charge is 0.338 e. The van der Waals surface area contributed by atoms with Crippen LogP contribution in [0.4, 0.5) is 0 Å². The Bertz CT molecular complexity index is 311. The van der Waals surface area contributed by atoms with E-state index in [2.05, 4.69) is 22.1 Å². The Morgan fingerprint density at radius 3 is 3.00 bits per heavy atom. The first-order valence-electron chi connectivity index (χ1n) is 5.47. The number of nitrogens with one attached hydrogen (secondary N) is 1. The second kappa shape index (κ2) is 6.22. The lowest BCUT2D eigenvalue weighted by atomic mass is 10.1. The van der Waals surface area contributed by atoms with E-state index in [1.807, 2.05) is 0 Å². The third kappa shape index (κ3) is 3.98. The lowest BCUT2D eigenvalue weighted by Gasteiger charge is -2.18. The Morgan fingerprint density at radius 1 is 1.69 bits per heavy atom. The molecule has 0 spiro atoms. The van der Waals surface area contributed by atoms with Gasteiger partial charge in [-0.3, -0.25) is 9.89 Å². The molecule has 16 heavy (non-hydrogen) atoms. The summed E-state index contributed by atoms with van der Waals surface area (Å²) < 4.78 is 0. The van der Waals surface area contributed by atoms with Gasteiger partial charge in [0.15, 0.2) is 0 Å². The molecule has 0 aromatic carbocycles. The maximum absolute atomic E-state index is 11.7. The predicted molar refractivity (Wildman–Crippen MR) is 60.4 cm³/mol. The van der Waals surface area contributed by atoms with E-state index in [-0.39, 0.29) is 11.9 Å². The van der Waals surface area contributed by atoms with Gasteiger partial charge in [-0.05, 0) is 6.42 Å². The van der Waals surface area contributed by atoms with Crippen molar-refractivity contribution in [3.8, 4) is 0 Å². The summed E-state index contributed by atoms with van der Waals surface area (Å²) in [7, 11) is 1.74. The van der Waals surface area contributed by atoms with E-state index in [9.17, 15) is 4.79 Å². The Hall–Kier alpha value is -1.43. The smallest absolute Gasteiger partial charge is 0.224 e. The number of rotatable bonds is 6. The first-order chi connectivity index (χ1) is 7.63. The molecular formula is C10H19N5O. The van der Waals surface area contributed by atoms with E-state index >= 15 is 0 Å². The van der Waals surface area contributed by atoms with Crippen LogP contribution in [0.2, 0.25) is 0 Å². The number of nitrogens with two attached hydrogens (primary N) is 1. The molecule has 0 bridgehead atoms. The van der Waals surface area contributed by atoms with Crippen LogP contribution >= 0.6 is 0 Å². The second-order valence-corrected chi connectivity index (χ2v) is 3.93. The second-order valence-electron chi connectivity index (χ2n) is 3.93. The molecule has 0 radical (unpaired) electrons. The quantitative estimate of drug-likeness (QED) is 0.728. The summed E-state index contributed by atoms with van der Waals surface area (Å²) in [6, 6.07) is -0.0466. The van der Waals surface area contributed by atoms with Gasteiger partial charge in [-0.25, -0.2) is 4.98 Å². The molecule has 1 amide bonds. The van der Waals surface area contributed by atoms with Crippen LogP contribution in [0, 0.1) is 0 Å². The third-order valence-electron chi connectivity index (χ3n) is 2.37. The standard InChI is InChI=1S/C10H19N5O/c1-3-4-8(11)5-10(16)15(2)6-9-12-7-13-14-9/h7-8H,3-6,11H2,1-2H3,(H,12,13,14). The van der Waals surface area contributed by atoms with Gasteiger partial charge in [0.1, 0.15) is 12.2 Å². The molecule has 0 fully saturated rings. The fourth-order valence-electron chi connectivity index (χ4n) is 1.47. The van der Waals surface area contributed by atoms with Crippen LogP contribution in [0.1, 0.15) is 32.0 Å². The molecule has 0 aliphatic heterocycles. The number of nitrogens with zero attached hydrogens (tertiary/aromatic N) is 3. The van der Waals surface area contributed by atoms with Crippen molar-refractivity contribution < 1.29 is 4.79 Å². The normalized spacial score (nSPS) is 12.4. The first-order valence-corrected chi connectivity index (χ1v) is 5.47. The summed E-state index contributed by atoms with van der Waals surface area (Å²) in [6.07, 6.45) is 3.69. The Morgan fingerprint density at radius 2 is 2.44 bits per heavy atom. The van der Waals surface area contributed by atoms with E-state index < -0.39 is 0 Å². The van der Waals surface area contributed by atoms with Gasteiger partial charge in [0.2, 0.25) is 5.91 Å². The Kier molecular flexibility index (Phi) is 4.91. The minimum Gasteiger partial charge on any atom is -0.338 e. The highest BCUT2D eigenvalue weighted by Gasteiger charge is 2.14. The lowest BCUT2D eigenvalue weighted by molar-refractivity contribution is -0.130. The van der Waals surface area contributed by atoms with Crippen LogP contribution in [0.3, 0.4) is 0 Å². The molecule has 1 atom stereocenters. The molecule has 1 unspecified atom stereocenters. The lowest BCUT2D eigenvalue weighted by Crippen LogP contribution is -2.33. The predicted octanol–water partition coefficient (Wildman–Crippen LogP) is 0.281. The minimum atomic E-state index is -0.0466. The maximum Gasteiger partial charge on any atom is 0.224 e. The highest BCUT2D eigenvalue weighted by molar-refractivity contribution is 5.76. The number of aromatic amines is 1. The zero-order valence-electron chi connectivity index (χ0n) is 9.81. The topological polar surface area (TPSA) is 87.9 Å². The van der Waals surface area contributed by atoms with Gasteiger partial charge in [0, 0.05) is 19.5 Å². The van der Waals surface area contributed by atoms with Gasteiger partial charge >= 0.3 is 0 Å². The molecule has 1 aromatic rings. The maximum atomic E-state index is 11.7. The van der Waals surface area contributed by atoms with Gasteiger partial charge in [-0.2, -0.15) is 5.10 Å². The van der Waals surface area contributed by atoms with E-state index in [1.165, 1.54) is 6.33 Å². The number of amides is 1. The highest BCUT2D eigenvalue weighted by Crippen LogP contribution is 2.03. The molecule has 6 heteroatoms. The van der Waals surface area contributed by atoms with E-state index in [0.717, 1.165) is 12.8 Å². The SMILES string of the molecule is CCCC(N)CC(=O)N(C)Cc1ncn[nH]1. The van der Waals surface area contributed by atoms with Crippen molar-refractivity contribution in [2.75, 3.05) is 7.05 Å². The molecule has 1 heterocycles. The van der Waals surface area contributed by atoms with Gasteiger partial charge in [-0.1, -0.05) is 13.3 Å². The molecule has 0 aliphatic carbocycles. The van der Waals surface area contributed by atoms with E-state index in [1.54, 1.807) is 11.9 Å². The van der Waals surface area contributed by atoms with Gasteiger partial charge < -0.3 is 10.6 Å². The molecule has 90 valence electrons. The van der Waals surface area contributed by atoms with Crippen LogP contribution < -0.4 is 5.73 Å². The van der Waals surface area contributed by atoms with Crippen LogP contribution in [0.15, 0.2) is 6.33 Å². The summed E-state index contributed by atoms with van der Waals surface area (Å²) in [5.41, 5.74) is 5.81. The minimum absolute atomic E-state index is 0.0392. The fourth-order valence-corrected chi connectivity index (χ4v) is 1.47. The summed E-state index contributed by atoms with van der Waals surface area (Å²) in [5.74, 6) is 0.720. The number of carbonyl (C=O) groups is 1. The monoisotopic (exact) mass is 225 g/mol. The van der Waals surface area contributed by atoms with Crippen molar-refractivity contribution in [1.29, 1.82) is 0 Å². The summed E-state index contributed by atoms with van der Waals surface area (Å²) in [5, 5.41) is 6.44. The van der Waals surface area contributed by atoms with Crippen molar-refractivity contribution in [2.24, 2.45) is 5.73 Å². The van der Waals surface area contributed by atoms with Crippen LogP contribution in [-0.4, -0.2) is 39.1 Å². The summed E-state index contributed by atoms with van der Waals surface area (Å²) in [6.45, 7) is 2.50. The van der Waals surface area contributed by atoms with Gasteiger partial charge in [0.05, 0.1) is 6.54 Å². The number of aromatic nitrogens is 3. The molecular weight excluding hydrogens is 206 g/mol. The number of hydrogen-bond donors (Lipinski definition) is 2. The summed E-state index contributed by atoms with van der Waals surface area (Å²) >= 11 is 0. The average Bonchev–Trinajstić information content (AvgIpc) is 2.70. The van der Waals surface area contributed by atoms with Crippen molar-refractivity contribution in [3.63, 3.8) is 0 Å². The van der Waals surface area contributed by atoms with Crippen LogP contribution in [0.25, 0.3) is 0 Å². The van der Waals surface area contributed by atoms with Crippen molar-refractivity contribution >= 4 is 5.91 Å². The van der Waals surface area contributed by atoms with Crippen LogP contribution in [-0.2, 0) is 11.3 Å². The molecule has 1 rings (SSSR count). The Labute approximate surface area is 95.2 Å². The molecule has 3 N–H and O–H groups in total. The van der Waals surface area contributed by atoms with Crippen molar-refractivity contribution in [3.05, 3.63) is 12.2 Å². The zero-order valence-corrected chi connectivity index (χ0v) is 9.81. The molecule has 0 saturated heterocycles. The third-order valence-corrected chi connectivity index (χ3v) is 2.37. The van der Waals surface area contributed by atoms with Gasteiger partial charge in [-0.15, -0.1) is 0 Å². The number of H-pyrrole nitrogens is 1. The van der Waals surface area contributed by atoms with E-state index in [4.69, 9.17) is 5.73 Å². The average molecular weight is 225 g/mol. The number of carbonyl (C=O) groups excluding carboxylic acids is 1. The van der Waals surface area contributed by atoms with E-state index in [0.29, 0.717) is 18.8 Å². The molecule has 1 aromatic heterocycles. The molecule has 0 aliphatic rings. The number of hydrogen-bond acceptors (Lipinski definition) is 4. The Balaban J connectivity index is 2.36.